The van der Waals surface area contributed by atoms with Crippen LogP contribution in [0.15, 0.2) is 12.1 Å². The van der Waals surface area contributed by atoms with Gasteiger partial charge < -0.3 is 12.3 Å². The average molecular weight is 168 g/mol. The lowest BCUT2D eigenvalue weighted by Gasteiger charge is -2.04. The lowest BCUT2D eigenvalue weighted by molar-refractivity contribution is 1.24. The van der Waals surface area contributed by atoms with Gasteiger partial charge >= 0.3 is 0 Å². The number of rotatable bonds is 0. The van der Waals surface area contributed by atoms with Crippen LogP contribution in [-0.2, 0) is 0 Å². The molecule has 0 bridgehead atoms. The van der Waals surface area contributed by atoms with Crippen LogP contribution in [0.2, 0.25) is 0 Å². The Labute approximate surface area is 75.2 Å². The lowest BCUT2D eigenvalue weighted by atomic mass is 10.0. The third-order valence-corrected chi connectivity index (χ3v) is 2.11. The summed E-state index contributed by atoms with van der Waals surface area (Å²) < 4.78 is 0. The van der Waals surface area contributed by atoms with E-state index in [1.54, 1.807) is 0 Å². The molecule has 0 spiro atoms. The van der Waals surface area contributed by atoms with Crippen LogP contribution in [0.25, 0.3) is 0 Å². The van der Waals surface area contributed by atoms with Crippen molar-refractivity contribution in [2.75, 3.05) is 0 Å². The summed E-state index contributed by atoms with van der Waals surface area (Å²) in [7, 11) is 0. The molecule has 0 aliphatic rings. The highest BCUT2D eigenvalue weighted by atomic mass is 14.0. The van der Waals surface area contributed by atoms with Crippen molar-refractivity contribution in [2.45, 2.75) is 27.7 Å². The van der Waals surface area contributed by atoms with Gasteiger partial charge in [-0.1, -0.05) is 12.1 Å². The molecule has 0 amide bonds. The van der Waals surface area contributed by atoms with Gasteiger partial charge in [-0.3, -0.25) is 0 Å². The molecule has 0 saturated heterocycles. The summed E-state index contributed by atoms with van der Waals surface area (Å²) in [6.07, 6.45) is 0. The molecule has 2 nitrogen and oxygen atoms in total. The molecule has 1 aromatic carbocycles. The Morgan fingerprint density at radius 2 is 0.750 bits per heavy atom. The SMILES string of the molecule is Cc1cc(C)c(C)cc1C.N.N. The predicted octanol–water partition coefficient (Wildman–Crippen LogP) is 3.24. The fourth-order valence-electron chi connectivity index (χ4n) is 1.10. The van der Waals surface area contributed by atoms with Crippen LogP contribution < -0.4 is 12.3 Å². The zero-order chi connectivity index (χ0) is 7.72. The number of hydrogen-bond acceptors (Lipinski definition) is 2. The molecule has 0 atom stereocenters. The highest BCUT2D eigenvalue weighted by Gasteiger charge is 1.95. The summed E-state index contributed by atoms with van der Waals surface area (Å²) in [6.45, 7) is 8.62. The van der Waals surface area contributed by atoms with E-state index < -0.39 is 0 Å². The van der Waals surface area contributed by atoms with Crippen LogP contribution >= 0.6 is 0 Å². The van der Waals surface area contributed by atoms with Crippen molar-refractivity contribution in [3.63, 3.8) is 0 Å². The zero-order valence-corrected chi connectivity index (χ0v) is 8.57. The summed E-state index contributed by atoms with van der Waals surface area (Å²) in [4.78, 5) is 0. The molecule has 0 aliphatic carbocycles. The van der Waals surface area contributed by atoms with Gasteiger partial charge in [0.2, 0.25) is 0 Å². The maximum Gasteiger partial charge on any atom is -0.0395 e. The van der Waals surface area contributed by atoms with Gasteiger partial charge in [0, 0.05) is 0 Å². The first-order valence-electron chi connectivity index (χ1n) is 3.65. The Morgan fingerprint density at radius 3 is 0.917 bits per heavy atom. The topological polar surface area (TPSA) is 70.0 Å². The first-order valence-corrected chi connectivity index (χ1v) is 3.65. The monoisotopic (exact) mass is 168 g/mol. The first-order chi connectivity index (χ1) is 4.61. The maximum absolute atomic E-state index is 2.24. The molecule has 0 unspecified atom stereocenters. The maximum atomic E-state index is 2.24. The fraction of sp³-hybridized carbons (Fsp3) is 0.400. The second-order valence-electron chi connectivity index (χ2n) is 3.02. The van der Waals surface area contributed by atoms with Crippen LogP contribution in [0.5, 0.6) is 0 Å². The molecule has 0 aromatic heterocycles. The van der Waals surface area contributed by atoms with Crippen LogP contribution in [0.4, 0.5) is 0 Å². The zero-order valence-electron chi connectivity index (χ0n) is 8.57. The van der Waals surface area contributed by atoms with Crippen molar-refractivity contribution in [2.24, 2.45) is 0 Å². The summed E-state index contributed by atoms with van der Waals surface area (Å²) >= 11 is 0. The normalized spacial score (nSPS) is 8.33. The Hall–Kier alpha value is -0.860. The van der Waals surface area contributed by atoms with Crippen molar-refractivity contribution in [1.29, 1.82) is 0 Å². The van der Waals surface area contributed by atoms with Gasteiger partial charge in [-0.25, -0.2) is 0 Å². The van der Waals surface area contributed by atoms with Gasteiger partial charge in [-0.15, -0.1) is 0 Å². The minimum atomic E-state index is 0. The van der Waals surface area contributed by atoms with Gasteiger partial charge in [-0.2, -0.15) is 0 Å². The summed E-state index contributed by atoms with van der Waals surface area (Å²) in [5, 5.41) is 0. The van der Waals surface area contributed by atoms with E-state index in [1.165, 1.54) is 22.3 Å². The average Bonchev–Trinajstić information content (AvgIpc) is 1.84. The lowest BCUT2D eigenvalue weighted by Crippen LogP contribution is -1.86. The summed E-state index contributed by atoms with van der Waals surface area (Å²) in [5.74, 6) is 0. The van der Waals surface area contributed by atoms with Crippen molar-refractivity contribution < 1.29 is 0 Å². The van der Waals surface area contributed by atoms with Crippen molar-refractivity contribution in [1.82, 2.24) is 12.3 Å². The van der Waals surface area contributed by atoms with Crippen LogP contribution in [0.1, 0.15) is 22.3 Å². The van der Waals surface area contributed by atoms with Crippen LogP contribution in [0.3, 0.4) is 0 Å². The molecule has 0 aliphatic heterocycles. The predicted molar refractivity (Wildman–Crippen MR) is 55.4 cm³/mol. The number of aryl methyl sites for hydroxylation is 4. The van der Waals surface area contributed by atoms with Gasteiger partial charge in [-0.05, 0) is 49.9 Å². The van der Waals surface area contributed by atoms with Crippen molar-refractivity contribution >= 4 is 0 Å². The highest BCUT2D eigenvalue weighted by Crippen LogP contribution is 2.13. The van der Waals surface area contributed by atoms with Crippen LogP contribution in [0, 0.1) is 27.7 Å². The smallest absolute Gasteiger partial charge is 0.0395 e. The molecule has 1 rings (SSSR count). The van der Waals surface area contributed by atoms with E-state index in [0.717, 1.165) is 0 Å². The van der Waals surface area contributed by atoms with Crippen molar-refractivity contribution in [3.05, 3.63) is 34.4 Å². The third-order valence-electron chi connectivity index (χ3n) is 2.11. The van der Waals surface area contributed by atoms with Gasteiger partial charge in [0.05, 0.1) is 0 Å². The Balaban J connectivity index is 0. The molecule has 0 saturated carbocycles. The Morgan fingerprint density at radius 1 is 0.583 bits per heavy atom. The van der Waals surface area contributed by atoms with E-state index in [0.29, 0.717) is 0 Å². The molecule has 0 radical (unpaired) electrons. The van der Waals surface area contributed by atoms with E-state index in [4.69, 9.17) is 0 Å². The molecule has 1 aromatic rings. The molecule has 2 heteroatoms. The quantitative estimate of drug-likeness (QED) is 0.624. The summed E-state index contributed by atoms with van der Waals surface area (Å²) in [6, 6.07) is 4.48. The molecule has 0 heterocycles. The summed E-state index contributed by atoms with van der Waals surface area (Å²) in [5.41, 5.74) is 5.57. The molecular formula is C10H20N2. The molecule has 0 fully saturated rings. The fourth-order valence-corrected chi connectivity index (χ4v) is 1.10. The first kappa shape index (κ1) is 13.7. The second kappa shape index (κ2) is 4.91. The van der Waals surface area contributed by atoms with Crippen molar-refractivity contribution in [3.8, 4) is 0 Å². The minimum Gasteiger partial charge on any atom is -0.344 e. The Bertz CT molecular complexity index is 204. The van der Waals surface area contributed by atoms with Gasteiger partial charge in [0.15, 0.2) is 0 Å². The Kier molecular flexibility index (Phi) is 5.61. The molecule has 6 N–H and O–H groups in total. The molecule has 12 heavy (non-hydrogen) atoms. The number of hydrogen-bond donors (Lipinski definition) is 2. The van der Waals surface area contributed by atoms with E-state index >= 15 is 0 Å². The third kappa shape index (κ3) is 2.64. The van der Waals surface area contributed by atoms with E-state index in [-0.39, 0.29) is 12.3 Å². The highest BCUT2D eigenvalue weighted by molar-refractivity contribution is 5.35. The van der Waals surface area contributed by atoms with E-state index in [1.807, 2.05) is 0 Å². The van der Waals surface area contributed by atoms with Gasteiger partial charge in [0.25, 0.3) is 0 Å². The second-order valence-corrected chi connectivity index (χ2v) is 3.02. The van der Waals surface area contributed by atoms with E-state index in [9.17, 15) is 0 Å². The molecule has 70 valence electrons. The largest absolute Gasteiger partial charge is 0.344 e. The molecular weight excluding hydrogens is 148 g/mol. The van der Waals surface area contributed by atoms with Crippen LogP contribution in [-0.4, -0.2) is 0 Å². The van der Waals surface area contributed by atoms with Gasteiger partial charge in [0.1, 0.15) is 0 Å². The standard InChI is InChI=1S/C10H14.2H3N/c1-7-5-9(3)10(4)6-8(7)2;;/h5-6H,1-4H3;2*1H3. The number of benzene rings is 1. The minimum absolute atomic E-state index is 0. The van der Waals surface area contributed by atoms with E-state index in [2.05, 4.69) is 39.8 Å².